The summed E-state index contributed by atoms with van der Waals surface area (Å²) in [5, 5.41) is 0. The van der Waals surface area contributed by atoms with Gasteiger partial charge in [-0.05, 0) is 50.3 Å². The third kappa shape index (κ3) is 4.43. The van der Waals surface area contributed by atoms with Gasteiger partial charge in [-0.2, -0.15) is 0 Å². The van der Waals surface area contributed by atoms with Gasteiger partial charge in [0.05, 0.1) is 4.75 Å². The molecule has 2 nitrogen and oxygen atoms in total. The maximum absolute atomic E-state index is 11.0. The molecule has 1 aromatic rings. The second-order valence-electron chi connectivity index (χ2n) is 6.04. The van der Waals surface area contributed by atoms with E-state index < -0.39 is 0 Å². The van der Waals surface area contributed by atoms with E-state index in [-0.39, 0.29) is 10.7 Å². The molecule has 0 radical (unpaired) electrons. The summed E-state index contributed by atoms with van der Waals surface area (Å²) in [4.78, 5) is 11.0. The Balaban J connectivity index is 1.90. The maximum atomic E-state index is 11.0. The second-order valence-corrected chi connectivity index (χ2v) is 8.80. The van der Waals surface area contributed by atoms with Crippen molar-refractivity contribution in [1.29, 1.82) is 0 Å². The van der Waals surface area contributed by atoms with Crippen LogP contribution in [0, 0.1) is 20.8 Å². The van der Waals surface area contributed by atoms with Crippen molar-refractivity contribution in [3.63, 3.8) is 0 Å². The van der Waals surface area contributed by atoms with Gasteiger partial charge in [-0.25, -0.2) is 0 Å². The zero-order chi connectivity index (χ0) is 15.5. The molecule has 21 heavy (non-hydrogen) atoms. The summed E-state index contributed by atoms with van der Waals surface area (Å²) in [7, 11) is 3.81. The van der Waals surface area contributed by atoms with Crippen LogP contribution in [-0.4, -0.2) is 17.3 Å². The number of hydrogen-bond acceptors (Lipinski definition) is 4. The number of ether oxygens (including phenoxy) is 1. The van der Waals surface area contributed by atoms with Crippen molar-refractivity contribution in [3.05, 3.63) is 34.4 Å². The van der Waals surface area contributed by atoms with E-state index in [4.69, 9.17) is 4.74 Å². The minimum absolute atomic E-state index is 0.156. The zero-order valence-corrected chi connectivity index (χ0v) is 15.0. The van der Waals surface area contributed by atoms with Crippen molar-refractivity contribution in [3.8, 4) is 0 Å². The summed E-state index contributed by atoms with van der Waals surface area (Å²) >= 11 is 0. The lowest BCUT2D eigenvalue weighted by atomic mass is 9.85. The van der Waals surface area contributed by atoms with E-state index >= 15 is 0 Å². The van der Waals surface area contributed by atoms with Gasteiger partial charge in [0, 0.05) is 12.7 Å². The van der Waals surface area contributed by atoms with Crippen LogP contribution in [0.1, 0.15) is 48.4 Å². The molecule has 0 atom stereocenters. The number of carbonyl (C=O) groups excluding carboxylic acids is 1. The quantitative estimate of drug-likeness (QED) is 0.544. The predicted molar refractivity (Wildman–Crippen MR) is 92.8 cm³/mol. The zero-order valence-electron chi connectivity index (χ0n) is 13.3. The topological polar surface area (TPSA) is 26.3 Å². The van der Waals surface area contributed by atoms with Gasteiger partial charge in [0.15, 0.2) is 0 Å². The fraction of sp³-hybridized carbons (Fsp3) is 0.588. The second kappa shape index (κ2) is 7.10. The first-order valence-corrected chi connectivity index (χ1v) is 9.74. The summed E-state index contributed by atoms with van der Waals surface area (Å²) in [6.07, 6.45) is 3.56. The largest absolute Gasteiger partial charge is 0.464 e. The highest BCUT2D eigenvalue weighted by atomic mass is 33.1. The molecule has 0 aliphatic heterocycles. The number of carbonyl (C=O) groups is 1. The molecule has 1 aromatic carbocycles. The van der Waals surface area contributed by atoms with Crippen molar-refractivity contribution in [2.75, 3.05) is 6.61 Å². The maximum Gasteiger partial charge on any atom is 0.302 e. The van der Waals surface area contributed by atoms with Crippen LogP contribution in [0.5, 0.6) is 0 Å². The molecule has 1 aliphatic rings. The van der Waals surface area contributed by atoms with Crippen LogP contribution in [0.15, 0.2) is 12.1 Å². The number of rotatable bonds is 6. The van der Waals surface area contributed by atoms with E-state index in [1.54, 1.807) is 0 Å². The van der Waals surface area contributed by atoms with Gasteiger partial charge in [0.2, 0.25) is 0 Å². The first kappa shape index (κ1) is 16.8. The third-order valence-corrected chi connectivity index (χ3v) is 7.25. The van der Waals surface area contributed by atoms with Crippen LogP contribution in [0.4, 0.5) is 0 Å². The van der Waals surface area contributed by atoms with Crippen LogP contribution in [0.25, 0.3) is 0 Å². The highest BCUT2D eigenvalue weighted by Gasteiger charge is 2.39. The minimum Gasteiger partial charge on any atom is -0.464 e. The average molecular weight is 325 g/mol. The van der Waals surface area contributed by atoms with E-state index in [0.717, 1.165) is 18.6 Å². The van der Waals surface area contributed by atoms with E-state index in [0.29, 0.717) is 6.61 Å². The average Bonchev–Trinajstić information content (AvgIpc) is 2.33. The molecular weight excluding hydrogens is 300 g/mol. The van der Waals surface area contributed by atoms with Crippen molar-refractivity contribution in [1.82, 2.24) is 0 Å². The fourth-order valence-corrected chi connectivity index (χ4v) is 6.08. The Morgan fingerprint density at radius 1 is 1.24 bits per heavy atom. The molecule has 116 valence electrons. The monoisotopic (exact) mass is 324 g/mol. The van der Waals surface area contributed by atoms with Crippen LogP contribution >= 0.6 is 21.6 Å². The van der Waals surface area contributed by atoms with Crippen LogP contribution in [0.3, 0.4) is 0 Å². The molecule has 0 amide bonds. The Kier molecular flexibility index (Phi) is 5.67. The van der Waals surface area contributed by atoms with Gasteiger partial charge < -0.3 is 4.74 Å². The molecule has 0 unspecified atom stereocenters. The number of esters is 1. The van der Waals surface area contributed by atoms with Crippen molar-refractivity contribution in [2.45, 2.75) is 57.5 Å². The lowest BCUT2D eigenvalue weighted by Gasteiger charge is -2.39. The lowest BCUT2D eigenvalue weighted by molar-refractivity contribution is -0.142. The fourth-order valence-electron chi connectivity index (χ4n) is 2.71. The molecule has 0 aromatic heterocycles. The SMILES string of the molecule is CC(=O)OCC1(SSCc2c(C)cc(C)cc2C)CCC1. The standard InChI is InChI=1S/C17H24O2S2/c1-12-8-13(2)16(14(3)9-12)10-20-21-17(6-5-7-17)11-19-15(4)18/h8-9H,5-7,10-11H2,1-4H3. The summed E-state index contributed by atoms with van der Waals surface area (Å²) < 4.78 is 5.40. The minimum atomic E-state index is -0.169. The highest BCUT2D eigenvalue weighted by Crippen LogP contribution is 2.50. The lowest BCUT2D eigenvalue weighted by Crippen LogP contribution is -2.38. The third-order valence-electron chi connectivity index (χ3n) is 4.08. The molecule has 1 saturated carbocycles. The smallest absolute Gasteiger partial charge is 0.302 e. The number of benzene rings is 1. The van der Waals surface area contributed by atoms with E-state index in [1.165, 1.54) is 35.6 Å². The summed E-state index contributed by atoms with van der Waals surface area (Å²) in [5.74, 6) is 0.849. The summed E-state index contributed by atoms with van der Waals surface area (Å²) in [5.41, 5.74) is 5.53. The van der Waals surface area contributed by atoms with Crippen molar-refractivity contribution >= 4 is 27.6 Å². The molecule has 0 bridgehead atoms. The molecule has 1 aliphatic carbocycles. The predicted octanol–water partition coefficient (Wildman–Crippen LogP) is 4.98. The summed E-state index contributed by atoms with van der Waals surface area (Å²) in [6, 6.07) is 4.51. The van der Waals surface area contributed by atoms with E-state index in [1.807, 2.05) is 21.6 Å². The number of aryl methyl sites for hydroxylation is 3. The van der Waals surface area contributed by atoms with Gasteiger partial charge >= 0.3 is 5.97 Å². The Morgan fingerprint density at radius 2 is 1.86 bits per heavy atom. The van der Waals surface area contributed by atoms with Gasteiger partial charge in [-0.1, -0.05) is 45.7 Å². The van der Waals surface area contributed by atoms with E-state index in [9.17, 15) is 4.79 Å². The Labute approximate surface area is 135 Å². The number of hydrogen-bond donors (Lipinski definition) is 0. The first-order chi connectivity index (χ1) is 9.92. The molecule has 2 rings (SSSR count). The van der Waals surface area contributed by atoms with Crippen LogP contribution in [-0.2, 0) is 15.3 Å². The van der Waals surface area contributed by atoms with Gasteiger partial charge in [0.1, 0.15) is 6.61 Å². The molecule has 1 fully saturated rings. The van der Waals surface area contributed by atoms with Gasteiger partial charge in [-0.3, -0.25) is 4.79 Å². The van der Waals surface area contributed by atoms with Crippen molar-refractivity contribution < 1.29 is 9.53 Å². The molecule has 0 spiro atoms. The Morgan fingerprint density at radius 3 is 2.33 bits per heavy atom. The van der Waals surface area contributed by atoms with Crippen molar-refractivity contribution in [2.24, 2.45) is 0 Å². The highest BCUT2D eigenvalue weighted by molar-refractivity contribution is 8.76. The Hall–Kier alpha value is -0.610. The van der Waals surface area contributed by atoms with E-state index in [2.05, 4.69) is 32.9 Å². The molecule has 0 saturated heterocycles. The first-order valence-electron chi connectivity index (χ1n) is 7.43. The van der Waals surface area contributed by atoms with Gasteiger partial charge in [0.25, 0.3) is 0 Å². The molecule has 0 heterocycles. The Bertz CT molecular complexity index is 499. The molecular formula is C17H24O2S2. The normalized spacial score (nSPS) is 16.4. The molecule has 4 heteroatoms. The van der Waals surface area contributed by atoms with Crippen LogP contribution in [0.2, 0.25) is 0 Å². The summed E-state index contributed by atoms with van der Waals surface area (Å²) in [6.45, 7) is 8.58. The van der Waals surface area contributed by atoms with Crippen LogP contribution < -0.4 is 0 Å². The molecule has 0 N–H and O–H groups in total. The van der Waals surface area contributed by atoms with Gasteiger partial charge in [-0.15, -0.1) is 0 Å².